The number of fused-ring (bicyclic) bond motifs is 1. The lowest BCUT2D eigenvalue weighted by Crippen LogP contribution is -2.35. The Hall–Kier alpha value is -1.59. The second kappa shape index (κ2) is 6.03. The largest absolute Gasteiger partial charge is 0.396 e. The third-order valence-electron chi connectivity index (χ3n) is 3.75. The summed E-state index contributed by atoms with van der Waals surface area (Å²) in [6, 6.07) is 5.86. The number of hydrogen-bond donors (Lipinski definition) is 1. The van der Waals surface area contributed by atoms with Crippen molar-refractivity contribution in [2.75, 3.05) is 13.2 Å². The number of rotatable bonds is 6. The minimum Gasteiger partial charge on any atom is -0.396 e. The van der Waals surface area contributed by atoms with E-state index in [0.717, 1.165) is 19.3 Å². The number of pyridine rings is 1. The third-order valence-corrected chi connectivity index (χ3v) is 4.01. The number of carbonyl (C=O) groups excluding carboxylic acids is 1. The predicted octanol–water partition coefficient (Wildman–Crippen LogP) is 2.36. The summed E-state index contributed by atoms with van der Waals surface area (Å²) in [7, 11) is 0. The van der Waals surface area contributed by atoms with Crippen LogP contribution in [0.1, 0.15) is 36.2 Å². The lowest BCUT2D eigenvalue weighted by atomic mass is 10.2. The summed E-state index contributed by atoms with van der Waals surface area (Å²) in [6.45, 7) is 0.809. The second-order valence-electron chi connectivity index (χ2n) is 5.34. The van der Waals surface area contributed by atoms with Crippen LogP contribution in [0.4, 0.5) is 0 Å². The summed E-state index contributed by atoms with van der Waals surface area (Å²) < 4.78 is 1.74. The molecule has 3 rings (SSSR count). The van der Waals surface area contributed by atoms with Gasteiger partial charge in [-0.3, -0.25) is 9.20 Å². The van der Waals surface area contributed by atoms with Gasteiger partial charge in [0.1, 0.15) is 5.65 Å². The van der Waals surface area contributed by atoms with E-state index in [-0.39, 0.29) is 17.7 Å². The highest BCUT2D eigenvalue weighted by atomic mass is 35.5. The predicted molar refractivity (Wildman–Crippen MR) is 80.6 cm³/mol. The van der Waals surface area contributed by atoms with Gasteiger partial charge in [-0.2, -0.15) is 0 Å². The normalized spacial score (nSPS) is 14.6. The first-order valence-corrected chi connectivity index (χ1v) is 7.64. The van der Waals surface area contributed by atoms with E-state index in [4.69, 9.17) is 16.7 Å². The Morgan fingerprint density at radius 2 is 2.24 bits per heavy atom. The Bertz CT molecular complexity index is 651. The van der Waals surface area contributed by atoms with Crippen LogP contribution >= 0.6 is 11.6 Å². The Morgan fingerprint density at radius 3 is 2.95 bits per heavy atom. The average molecular weight is 308 g/mol. The first-order chi connectivity index (χ1) is 10.2. The molecule has 1 N–H and O–H groups in total. The zero-order valence-electron chi connectivity index (χ0n) is 11.7. The maximum absolute atomic E-state index is 12.8. The van der Waals surface area contributed by atoms with E-state index in [1.807, 2.05) is 23.1 Å². The van der Waals surface area contributed by atoms with Crippen LogP contribution < -0.4 is 0 Å². The highest BCUT2D eigenvalue weighted by Crippen LogP contribution is 2.30. The Morgan fingerprint density at radius 1 is 1.43 bits per heavy atom. The molecule has 0 radical (unpaired) electrons. The van der Waals surface area contributed by atoms with Crippen molar-refractivity contribution >= 4 is 23.2 Å². The molecule has 1 fully saturated rings. The number of carbonyl (C=O) groups is 1. The van der Waals surface area contributed by atoms with E-state index < -0.39 is 0 Å². The van der Waals surface area contributed by atoms with Crippen LogP contribution in [0.15, 0.2) is 24.4 Å². The highest BCUT2D eigenvalue weighted by Gasteiger charge is 2.34. The third kappa shape index (κ3) is 2.89. The molecule has 2 aromatic rings. The van der Waals surface area contributed by atoms with E-state index in [1.54, 1.807) is 10.6 Å². The number of imidazole rings is 1. The van der Waals surface area contributed by atoms with Crippen LogP contribution in [0, 0.1) is 0 Å². The summed E-state index contributed by atoms with van der Waals surface area (Å²) >= 11 is 6.17. The molecule has 112 valence electrons. The van der Waals surface area contributed by atoms with Crippen molar-refractivity contribution in [1.29, 1.82) is 0 Å². The van der Waals surface area contributed by atoms with Crippen LogP contribution in [0.5, 0.6) is 0 Å². The fraction of sp³-hybridized carbons (Fsp3) is 0.467. The maximum atomic E-state index is 12.8. The van der Waals surface area contributed by atoms with Crippen LogP contribution in [0.2, 0.25) is 5.15 Å². The summed E-state index contributed by atoms with van der Waals surface area (Å²) in [5.41, 5.74) is 1.11. The summed E-state index contributed by atoms with van der Waals surface area (Å²) in [4.78, 5) is 18.9. The van der Waals surface area contributed by atoms with Crippen LogP contribution in [0.3, 0.4) is 0 Å². The zero-order valence-corrected chi connectivity index (χ0v) is 12.5. The summed E-state index contributed by atoms with van der Waals surface area (Å²) in [5.74, 6) is -0.0702. The fourth-order valence-corrected chi connectivity index (χ4v) is 2.78. The van der Waals surface area contributed by atoms with E-state index in [9.17, 15) is 4.79 Å². The van der Waals surface area contributed by atoms with Gasteiger partial charge < -0.3 is 10.0 Å². The minimum atomic E-state index is -0.0702. The van der Waals surface area contributed by atoms with Gasteiger partial charge in [-0.15, -0.1) is 0 Å². The molecule has 0 unspecified atom stereocenters. The molecular formula is C15H18ClN3O2. The molecule has 21 heavy (non-hydrogen) atoms. The lowest BCUT2D eigenvalue weighted by Gasteiger charge is -2.22. The van der Waals surface area contributed by atoms with Crippen molar-refractivity contribution in [2.45, 2.75) is 31.7 Å². The topological polar surface area (TPSA) is 57.8 Å². The van der Waals surface area contributed by atoms with Crippen LogP contribution in [0.25, 0.3) is 5.65 Å². The number of unbranched alkanes of at least 4 members (excludes halogenated alkanes) is 1. The minimum absolute atomic E-state index is 0.0702. The molecule has 1 aliphatic carbocycles. The number of amides is 1. The van der Waals surface area contributed by atoms with Crippen molar-refractivity contribution in [1.82, 2.24) is 14.3 Å². The van der Waals surface area contributed by atoms with Crippen molar-refractivity contribution in [3.8, 4) is 0 Å². The van der Waals surface area contributed by atoms with Gasteiger partial charge in [0.25, 0.3) is 5.91 Å². The standard InChI is InChI=1S/C15H18ClN3O2/c16-14-13(19-9-2-1-5-12(19)17-14)15(21)18(11-6-7-11)8-3-4-10-20/h1-2,5,9,11,20H,3-4,6-8,10H2. The molecule has 1 amide bonds. The molecule has 1 saturated carbocycles. The molecule has 6 heteroatoms. The summed E-state index contributed by atoms with van der Waals surface area (Å²) in [5, 5.41) is 9.15. The second-order valence-corrected chi connectivity index (χ2v) is 5.70. The van der Waals surface area contributed by atoms with Crippen LogP contribution in [-0.2, 0) is 0 Å². The lowest BCUT2D eigenvalue weighted by molar-refractivity contribution is 0.0730. The van der Waals surface area contributed by atoms with Crippen molar-refractivity contribution in [2.24, 2.45) is 0 Å². The van der Waals surface area contributed by atoms with Gasteiger partial charge in [0.15, 0.2) is 10.8 Å². The fourth-order valence-electron chi connectivity index (χ4n) is 2.52. The van der Waals surface area contributed by atoms with Gasteiger partial charge >= 0.3 is 0 Å². The number of aliphatic hydroxyl groups excluding tert-OH is 1. The molecule has 2 aromatic heterocycles. The molecule has 0 aromatic carbocycles. The van der Waals surface area contributed by atoms with Gasteiger partial charge in [-0.1, -0.05) is 17.7 Å². The SMILES string of the molecule is O=C(c1c(Cl)nc2ccccn12)N(CCCCO)C1CC1. The Kier molecular flexibility index (Phi) is 4.12. The van der Waals surface area contributed by atoms with Gasteiger partial charge in [-0.25, -0.2) is 4.98 Å². The van der Waals surface area contributed by atoms with Gasteiger partial charge in [-0.05, 0) is 37.8 Å². The number of halogens is 1. The monoisotopic (exact) mass is 307 g/mol. The van der Waals surface area contributed by atoms with Crippen LogP contribution in [-0.4, -0.2) is 44.5 Å². The van der Waals surface area contributed by atoms with E-state index >= 15 is 0 Å². The van der Waals surface area contributed by atoms with Crippen molar-refractivity contribution in [3.63, 3.8) is 0 Å². The number of nitrogens with zero attached hydrogens (tertiary/aromatic N) is 3. The number of hydrogen-bond acceptors (Lipinski definition) is 3. The molecule has 0 aliphatic heterocycles. The smallest absolute Gasteiger partial charge is 0.274 e. The maximum Gasteiger partial charge on any atom is 0.274 e. The molecule has 2 heterocycles. The molecule has 0 atom stereocenters. The van der Waals surface area contributed by atoms with E-state index in [0.29, 0.717) is 30.3 Å². The molecule has 0 bridgehead atoms. The van der Waals surface area contributed by atoms with Gasteiger partial charge in [0, 0.05) is 25.4 Å². The Labute approximate surface area is 128 Å². The molecule has 0 saturated heterocycles. The first-order valence-electron chi connectivity index (χ1n) is 7.27. The summed E-state index contributed by atoms with van der Waals surface area (Å²) in [6.07, 6.45) is 5.39. The van der Waals surface area contributed by atoms with Crippen molar-refractivity contribution < 1.29 is 9.90 Å². The molecule has 0 spiro atoms. The molecular weight excluding hydrogens is 290 g/mol. The van der Waals surface area contributed by atoms with Crippen molar-refractivity contribution in [3.05, 3.63) is 35.2 Å². The number of aliphatic hydroxyl groups is 1. The Balaban J connectivity index is 1.88. The van der Waals surface area contributed by atoms with E-state index in [2.05, 4.69) is 4.98 Å². The average Bonchev–Trinajstić information content (AvgIpc) is 3.25. The van der Waals surface area contributed by atoms with Gasteiger partial charge in [0.05, 0.1) is 0 Å². The first kappa shape index (κ1) is 14.4. The molecule has 1 aliphatic rings. The number of aromatic nitrogens is 2. The van der Waals surface area contributed by atoms with Gasteiger partial charge in [0.2, 0.25) is 0 Å². The highest BCUT2D eigenvalue weighted by molar-refractivity contribution is 6.32. The quantitative estimate of drug-likeness (QED) is 0.834. The zero-order chi connectivity index (χ0) is 14.8. The molecule has 5 nitrogen and oxygen atoms in total. The van der Waals surface area contributed by atoms with E-state index in [1.165, 1.54) is 0 Å².